The van der Waals surface area contributed by atoms with E-state index in [0.717, 1.165) is 68.5 Å². The number of piperidine rings is 1. The van der Waals surface area contributed by atoms with Gasteiger partial charge in [-0.05, 0) is 93.8 Å². The van der Waals surface area contributed by atoms with E-state index < -0.39 is 0 Å². The Balaban J connectivity index is 0.000000340. The van der Waals surface area contributed by atoms with Crippen molar-refractivity contribution in [3.63, 3.8) is 0 Å². The van der Waals surface area contributed by atoms with Crippen molar-refractivity contribution in [3.05, 3.63) is 149 Å². The molecule has 2 aliphatic rings. The Hall–Kier alpha value is -4.59. The molecule has 2 atom stereocenters. The summed E-state index contributed by atoms with van der Waals surface area (Å²) in [6, 6.07) is 22.0. The molecule has 2 aromatic heterocycles. The number of benzene rings is 2. The van der Waals surface area contributed by atoms with Gasteiger partial charge in [0, 0.05) is 69.8 Å². The normalized spacial score (nSPS) is 18.3. The third-order valence-corrected chi connectivity index (χ3v) is 9.34. The highest BCUT2D eigenvalue weighted by Crippen LogP contribution is 2.34. The van der Waals surface area contributed by atoms with Crippen LogP contribution in [0, 0.1) is 0 Å². The molecule has 2 N–H and O–H groups in total. The molecule has 0 radical (unpaired) electrons. The average molecular weight is 673 g/mol. The number of aryl methyl sites for hydroxylation is 1. The zero-order chi connectivity index (χ0) is 35.6. The van der Waals surface area contributed by atoms with Crippen molar-refractivity contribution >= 4 is 17.2 Å². The van der Waals surface area contributed by atoms with Gasteiger partial charge in [0.1, 0.15) is 0 Å². The van der Waals surface area contributed by atoms with Gasteiger partial charge in [-0.15, -0.1) is 0 Å². The number of H-pyrrole nitrogens is 1. The van der Waals surface area contributed by atoms with Gasteiger partial charge in [0.15, 0.2) is 0 Å². The van der Waals surface area contributed by atoms with E-state index in [1.165, 1.54) is 23.1 Å². The molecule has 3 heterocycles. The molecule has 264 valence electrons. The molecule has 7 heteroatoms. The number of para-hydroxylation sites is 2. The first kappa shape index (κ1) is 38.2. The van der Waals surface area contributed by atoms with Gasteiger partial charge in [-0.3, -0.25) is 14.5 Å². The smallest absolute Gasteiger partial charge is 0.312 e. The minimum absolute atomic E-state index is 0.0218. The zero-order valence-electron chi connectivity index (χ0n) is 30.5. The summed E-state index contributed by atoms with van der Waals surface area (Å²) in [6.07, 6.45) is 22.7. The summed E-state index contributed by atoms with van der Waals surface area (Å²) in [6.45, 7) is 13.7. The molecule has 0 amide bonds. The van der Waals surface area contributed by atoms with Crippen LogP contribution in [0.5, 0.6) is 0 Å². The average Bonchev–Trinajstić information content (AvgIpc) is 3.48. The summed E-state index contributed by atoms with van der Waals surface area (Å²) in [5.41, 5.74) is 7.33. The monoisotopic (exact) mass is 672 g/mol. The number of nitrogens with one attached hydrogen (secondary N) is 2. The predicted octanol–water partition coefficient (Wildman–Crippen LogP) is 8.25. The maximum atomic E-state index is 12.6. The van der Waals surface area contributed by atoms with Gasteiger partial charge in [-0.2, -0.15) is 0 Å². The molecule has 2 unspecified atom stereocenters. The molecule has 0 saturated carbocycles. The lowest BCUT2D eigenvalue weighted by atomic mass is 9.76. The lowest BCUT2D eigenvalue weighted by Gasteiger charge is -2.36. The van der Waals surface area contributed by atoms with Crippen LogP contribution >= 0.6 is 0 Å². The fourth-order valence-corrected chi connectivity index (χ4v) is 6.88. The van der Waals surface area contributed by atoms with Crippen molar-refractivity contribution in [2.45, 2.75) is 70.9 Å². The molecule has 1 aliphatic carbocycles. The zero-order valence-corrected chi connectivity index (χ0v) is 30.5. The van der Waals surface area contributed by atoms with Crippen LogP contribution in [0.15, 0.2) is 131 Å². The standard InChI is InChI=1S/C30H35N5O.C7H11N.C6H10/c36-30-33-28-9-3-4-10-29(28)35(30)24-13-17-34(18-14-24)19-16-32-27-12-11-23-7-1-2-8-25(23)26(27)20-22-6-5-15-31-21-22;1-7(2)5-4-6-8-3;1-3-5-6-4-2/h1-10,15,21,24,26-27,32H,11-14,16-20H2,(H,33,36);4-6H,1H2,2-3H3;3-6H,1-2H3/b;5-4-,8-6?;5-3-,6-4-. The Morgan fingerprint density at radius 3 is 2.44 bits per heavy atom. The summed E-state index contributed by atoms with van der Waals surface area (Å²) in [4.78, 5) is 26.3. The second-order valence-corrected chi connectivity index (χ2v) is 13.0. The lowest BCUT2D eigenvalue weighted by molar-refractivity contribution is 0.184. The van der Waals surface area contributed by atoms with E-state index in [2.05, 4.69) is 62.1 Å². The van der Waals surface area contributed by atoms with Crippen LogP contribution in [0.1, 0.15) is 68.7 Å². The van der Waals surface area contributed by atoms with Gasteiger partial charge in [0.25, 0.3) is 0 Å². The number of nitrogens with zero attached hydrogens (tertiary/aromatic N) is 4. The minimum atomic E-state index is 0.0218. The van der Waals surface area contributed by atoms with Crippen LogP contribution in [-0.2, 0) is 12.8 Å². The molecule has 0 bridgehead atoms. The second-order valence-electron chi connectivity index (χ2n) is 13.0. The number of hydrogen-bond donors (Lipinski definition) is 2. The highest BCUT2D eigenvalue weighted by molar-refractivity contribution is 5.75. The third-order valence-electron chi connectivity index (χ3n) is 9.34. The van der Waals surface area contributed by atoms with E-state index in [-0.39, 0.29) is 11.7 Å². The Labute approximate surface area is 299 Å². The molecule has 7 nitrogen and oxygen atoms in total. The number of imidazole rings is 1. The maximum Gasteiger partial charge on any atom is 0.326 e. The highest BCUT2D eigenvalue weighted by atomic mass is 16.1. The number of rotatable bonds is 10. The number of allylic oxidation sites excluding steroid dienone is 7. The first-order valence-electron chi connectivity index (χ1n) is 18.0. The number of hydrogen-bond acceptors (Lipinski definition) is 5. The fourth-order valence-electron chi connectivity index (χ4n) is 6.88. The molecule has 50 heavy (non-hydrogen) atoms. The molecule has 0 spiro atoms. The molecule has 1 aliphatic heterocycles. The van der Waals surface area contributed by atoms with Gasteiger partial charge in [0.2, 0.25) is 0 Å². The first-order chi connectivity index (χ1) is 24.4. The predicted molar refractivity (Wildman–Crippen MR) is 213 cm³/mol. The Bertz CT molecular complexity index is 1760. The molecular weight excluding hydrogens is 617 g/mol. The SMILES string of the molecule is C/C=C\C=C/C.C=C(C)/C=C\C=NC.O=c1[nH]c2ccccc2n1C1CCN(CCNC2CCc3ccccc3C2Cc2cccnc2)CC1. The van der Waals surface area contributed by atoms with E-state index in [1.54, 1.807) is 13.3 Å². The summed E-state index contributed by atoms with van der Waals surface area (Å²) in [5.74, 6) is 0.471. The number of aliphatic imine (C=N–C) groups is 1. The second kappa shape index (κ2) is 20.8. The van der Waals surface area contributed by atoms with Gasteiger partial charge in [-0.25, -0.2) is 4.79 Å². The van der Waals surface area contributed by atoms with E-state index in [1.807, 2.05) is 105 Å². The van der Waals surface area contributed by atoms with E-state index in [9.17, 15) is 4.79 Å². The lowest BCUT2D eigenvalue weighted by Crippen LogP contribution is -2.45. The van der Waals surface area contributed by atoms with Crippen molar-refractivity contribution in [3.8, 4) is 0 Å². The van der Waals surface area contributed by atoms with E-state index in [4.69, 9.17) is 0 Å². The van der Waals surface area contributed by atoms with Crippen LogP contribution in [0.3, 0.4) is 0 Å². The van der Waals surface area contributed by atoms with Crippen molar-refractivity contribution in [2.75, 3.05) is 33.2 Å². The third kappa shape index (κ3) is 11.5. The molecule has 1 saturated heterocycles. The van der Waals surface area contributed by atoms with Gasteiger partial charge in [-0.1, -0.05) is 85.0 Å². The summed E-state index contributed by atoms with van der Waals surface area (Å²) in [7, 11) is 1.74. The molecule has 4 aromatic rings. The first-order valence-corrected chi connectivity index (χ1v) is 18.0. The van der Waals surface area contributed by atoms with Crippen LogP contribution in [0.4, 0.5) is 0 Å². The van der Waals surface area contributed by atoms with Crippen LogP contribution < -0.4 is 11.0 Å². The van der Waals surface area contributed by atoms with Gasteiger partial charge < -0.3 is 15.2 Å². The summed E-state index contributed by atoms with van der Waals surface area (Å²) < 4.78 is 1.98. The van der Waals surface area contributed by atoms with Crippen molar-refractivity contribution in [1.29, 1.82) is 0 Å². The van der Waals surface area contributed by atoms with Crippen LogP contribution in [-0.4, -0.2) is 64.9 Å². The van der Waals surface area contributed by atoms with Crippen molar-refractivity contribution in [2.24, 2.45) is 4.99 Å². The number of fused-ring (bicyclic) bond motifs is 2. The van der Waals surface area contributed by atoms with Gasteiger partial charge in [0.05, 0.1) is 11.0 Å². The number of likely N-dealkylation sites (tertiary alicyclic amines) is 1. The number of pyridine rings is 1. The van der Waals surface area contributed by atoms with Gasteiger partial charge >= 0.3 is 5.69 Å². The quantitative estimate of drug-likeness (QED) is 0.131. The summed E-state index contributed by atoms with van der Waals surface area (Å²) in [5, 5.41) is 3.93. The Morgan fingerprint density at radius 2 is 1.74 bits per heavy atom. The van der Waals surface area contributed by atoms with E-state index in [0.29, 0.717) is 12.0 Å². The van der Waals surface area contributed by atoms with E-state index >= 15 is 0 Å². The minimum Gasteiger partial charge on any atom is -0.312 e. The molecule has 2 aromatic carbocycles. The Kier molecular flexibility index (Phi) is 15.9. The van der Waals surface area contributed by atoms with Crippen molar-refractivity contribution < 1.29 is 0 Å². The van der Waals surface area contributed by atoms with Crippen LogP contribution in [0.2, 0.25) is 0 Å². The number of aromatic nitrogens is 3. The molecular formula is C43H56N6O. The van der Waals surface area contributed by atoms with Crippen LogP contribution in [0.25, 0.3) is 11.0 Å². The molecule has 1 fully saturated rings. The number of aromatic amines is 1. The largest absolute Gasteiger partial charge is 0.326 e. The topological polar surface area (TPSA) is 78.3 Å². The van der Waals surface area contributed by atoms with Crippen molar-refractivity contribution in [1.82, 2.24) is 24.8 Å². The highest BCUT2D eigenvalue weighted by Gasteiger charge is 2.30. The maximum absolute atomic E-state index is 12.6. The fraction of sp³-hybridized carbons (Fsp3) is 0.372. The molecule has 6 rings (SSSR count). The Morgan fingerprint density at radius 1 is 1.00 bits per heavy atom. The summed E-state index contributed by atoms with van der Waals surface area (Å²) >= 11 is 0.